The molecule has 0 saturated carbocycles. The highest BCUT2D eigenvalue weighted by Crippen LogP contribution is 2.66. The number of para-hydroxylation sites is 2. The second-order valence-electron chi connectivity index (χ2n) is 19.6. The van der Waals surface area contributed by atoms with Gasteiger partial charge in [-0.25, -0.2) is 0 Å². The number of alkyl halides is 6. The predicted octanol–water partition coefficient (Wildman–Crippen LogP) is 18.5. The highest BCUT2D eigenvalue weighted by molar-refractivity contribution is 6.29. The van der Waals surface area contributed by atoms with Gasteiger partial charge in [0.2, 0.25) is 0 Å². The van der Waals surface area contributed by atoms with E-state index >= 15 is 0 Å². The Labute approximate surface area is 432 Å². The first kappa shape index (κ1) is 45.4. The second-order valence-corrected chi connectivity index (χ2v) is 19.6. The van der Waals surface area contributed by atoms with Gasteiger partial charge in [-0.15, -0.1) is 26.3 Å². The van der Waals surface area contributed by atoms with Gasteiger partial charge < -0.3 is 23.7 Å². The number of ether oxygens (including phenoxy) is 2. The number of anilines is 6. The molecule has 0 atom stereocenters. The Hall–Kier alpha value is -9.22. The Morgan fingerprint density at radius 1 is 0.395 bits per heavy atom. The van der Waals surface area contributed by atoms with E-state index in [1.807, 2.05) is 62.4 Å². The largest absolute Gasteiger partial charge is 0.573 e. The van der Waals surface area contributed by atoms with Crippen molar-refractivity contribution >= 4 is 72.2 Å². The number of hydrogen-bond acceptors (Lipinski definition) is 4. The van der Waals surface area contributed by atoms with Crippen molar-refractivity contribution in [3.8, 4) is 33.8 Å². The van der Waals surface area contributed by atoms with Gasteiger partial charge in [0, 0.05) is 55.5 Å². The fourth-order valence-electron chi connectivity index (χ4n) is 12.4. The van der Waals surface area contributed by atoms with E-state index in [4.69, 9.17) is 0 Å². The van der Waals surface area contributed by atoms with Gasteiger partial charge in [0.15, 0.2) is 0 Å². The summed E-state index contributed by atoms with van der Waals surface area (Å²) in [6.45, 7) is 4.03. The molecule has 10 aromatic carbocycles. The van der Waals surface area contributed by atoms with E-state index < -0.39 is 18.1 Å². The van der Waals surface area contributed by atoms with E-state index in [9.17, 15) is 26.3 Å². The number of fused-ring (bicyclic) bond motifs is 17. The van der Waals surface area contributed by atoms with E-state index in [2.05, 4.69) is 139 Å². The first-order valence-corrected chi connectivity index (χ1v) is 24.8. The summed E-state index contributed by atoms with van der Waals surface area (Å²) >= 11 is 0. The maximum Gasteiger partial charge on any atom is 0.573 e. The van der Waals surface area contributed by atoms with E-state index in [-0.39, 0.29) is 11.5 Å². The SMILES string of the molecule is Cc1ccc(N(c2ccc(OC(F)(F)F)cc2)c2ccc3c(c2)C2(c4ccccc4-c4ccccc42)c2cc(N(c4ccc(C)cc4)c4ccc(OC(F)(F)F)cc4)c4c5cccc6c7ccccc7n(c4c2-3)c65)cc1. The summed E-state index contributed by atoms with van der Waals surface area (Å²) in [5.41, 5.74) is 16.9. The molecule has 2 aliphatic carbocycles. The summed E-state index contributed by atoms with van der Waals surface area (Å²) in [4.78, 5) is 4.20. The molecule has 76 heavy (non-hydrogen) atoms. The van der Waals surface area contributed by atoms with Crippen molar-refractivity contribution in [3.05, 3.63) is 246 Å². The summed E-state index contributed by atoms with van der Waals surface area (Å²) < 4.78 is 92.6. The fourth-order valence-corrected chi connectivity index (χ4v) is 12.4. The topological polar surface area (TPSA) is 29.4 Å². The van der Waals surface area contributed by atoms with Crippen LogP contribution >= 0.6 is 0 Å². The van der Waals surface area contributed by atoms with Crippen LogP contribution in [0.5, 0.6) is 11.5 Å². The van der Waals surface area contributed by atoms with Gasteiger partial charge in [0.25, 0.3) is 0 Å². The summed E-state index contributed by atoms with van der Waals surface area (Å²) in [5, 5.41) is 4.14. The minimum absolute atomic E-state index is 0.329. The molecule has 2 aromatic heterocycles. The number of nitrogens with zero attached hydrogens (tertiary/aromatic N) is 3. The highest BCUT2D eigenvalue weighted by atomic mass is 19.4. The molecule has 0 aliphatic heterocycles. The summed E-state index contributed by atoms with van der Waals surface area (Å²) in [5.74, 6) is -0.661. The standard InChI is InChI=1S/C65H41F6N3O2/c1-38-18-22-40(23-19-38)72(41-26-31-45(32-27-41)75-64(66,67)68)44-30-35-51-55(36-44)63(53-15-6-3-10-47(53)48-11-4-7-16-54(48)63)56-37-58(73(42-24-20-39(2)21-25-42)43-28-33-46(34-29-43)76-65(69,70)71)60-52-14-9-13-50-49-12-5-8-17-57(49)74(61(50)52)62(60)59(51)56/h3-37H,1-2H3. The average molecular weight is 1010 g/mol. The van der Waals surface area contributed by atoms with E-state index in [1.165, 1.54) is 24.3 Å². The Balaban J connectivity index is 1.13. The molecule has 11 heteroatoms. The monoisotopic (exact) mass is 1010 g/mol. The number of hydrogen-bond donors (Lipinski definition) is 0. The van der Waals surface area contributed by atoms with Crippen LogP contribution in [-0.2, 0) is 5.41 Å². The lowest BCUT2D eigenvalue weighted by molar-refractivity contribution is -0.275. The molecule has 0 fully saturated rings. The molecule has 12 aromatic rings. The molecular formula is C65H41F6N3O2. The van der Waals surface area contributed by atoms with Crippen molar-refractivity contribution in [1.29, 1.82) is 0 Å². The van der Waals surface area contributed by atoms with Crippen LogP contribution < -0.4 is 19.3 Å². The number of rotatable bonds is 8. The number of halogens is 6. The van der Waals surface area contributed by atoms with Crippen LogP contribution in [0.1, 0.15) is 33.4 Å². The molecule has 0 N–H and O–H groups in total. The van der Waals surface area contributed by atoms with Gasteiger partial charge in [-0.2, -0.15) is 0 Å². The highest BCUT2D eigenvalue weighted by Gasteiger charge is 2.53. The van der Waals surface area contributed by atoms with Gasteiger partial charge in [-0.05, 0) is 150 Å². The van der Waals surface area contributed by atoms with Gasteiger partial charge in [0.1, 0.15) is 11.5 Å². The van der Waals surface area contributed by atoms with Crippen LogP contribution in [0.2, 0.25) is 0 Å². The predicted molar refractivity (Wildman–Crippen MR) is 290 cm³/mol. The zero-order chi connectivity index (χ0) is 51.8. The van der Waals surface area contributed by atoms with Gasteiger partial charge in [0.05, 0.1) is 27.7 Å². The lowest BCUT2D eigenvalue weighted by Crippen LogP contribution is -2.26. The summed E-state index contributed by atoms with van der Waals surface area (Å²) in [6.07, 6.45) is -9.74. The zero-order valence-electron chi connectivity index (χ0n) is 40.6. The van der Waals surface area contributed by atoms with Crippen LogP contribution in [0.3, 0.4) is 0 Å². The van der Waals surface area contributed by atoms with Crippen LogP contribution in [0.25, 0.3) is 60.3 Å². The number of aryl methyl sites for hydroxylation is 2. The molecule has 2 heterocycles. The van der Waals surface area contributed by atoms with Crippen molar-refractivity contribution in [1.82, 2.24) is 4.40 Å². The molecule has 0 unspecified atom stereocenters. The van der Waals surface area contributed by atoms with Crippen molar-refractivity contribution in [2.45, 2.75) is 32.0 Å². The molecule has 2 aliphatic rings. The molecule has 370 valence electrons. The molecule has 0 bridgehead atoms. The maximum atomic E-state index is 13.7. The third kappa shape index (κ3) is 6.81. The first-order chi connectivity index (χ1) is 36.7. The Kier molecular flexibility index (Phi) is 9.79. The van der Waals surface area contributed by atoms with Crippen LogP contribution in [-0.4, -0.2) is 17.1 Å². The number of benzene rings is 10. The van der Waals surface area contributed by atoms with Crippen molar-refractivity contribution in [3.63, 3.8) is 0 Å². The maximum absolute atomic E-state index is 13.7. The van der Waals surface area contributed by atoms with Gasteiger partial charge in [-0.3, -0.25) is 0 Å². The normalized spacial score (nSPS) is 13.4. The smallest absolute Gasteiger partial charge is 0.406 e. The van der Waals surface area contributed by atoms with Crippen molar-refractivity contribution in [2.24, 2.45) is 0 Å². The minimum Gasteiger partial charge on any atom is -0.406 e. The molecule has 0 saturated heterocycles. The van der Waals surface area contributed by atoms with Crippen LogP contribution in [0, 0.1) is 13.8 Å². The second kappa shape index (κ2) is 16.4. The molecule has 14 rings (SSSR count). The van der Waals surface area contributed by atoms with E-state index in [0.29, 0.717) is 11.4 Å². The third-order valence-electron chi connectivity index (χ3n) is 15.2. The Bertz CT molecular complexity index is 4230. The number of aromatic nitrogens is 1. The molecular weight excluding hydrogens is 969 g/mol. The Morgan fingerprint density at radius 2 is 0.868 bits per heavy atom. The van der Waals surface area contributed by atoms with Crippen molar-refractivity contribution in [2.75, 3.05) is 9.80 Å². The lowest BCUT2D eigenvalue weighted by Gasteiger charge is -2.33. The minimum atomic E-state index is -4.88. The first-order valence-electron chi connectivity index (χ1n) is 24.8. The molecule has 5 nitrogen and oxygen atoms in total. The summed E-state index contributed by atoms with van der Waals surface area (Å²) in [6, 6.07) is 68.9. The third-order valence-corrected chi connectivity index (χ3v) is 15.2. The molecule has 0 amide bonds. The fraction of sp³-hybridized carbons (Fsp3) is 0.0769. The van der Waals surface area contributed by atoms with Crippen LogP contribution in [0.15, 0.2) is 212 Å². The zero-order valence-corrected chi connectivity index (χ0v) is 40.6. The quantitative estimate of drug-likeness (QED) is 0.142. The van der Waals surface area contributed by atoms with Crippen LogP contribution in [0.4, 0.5) is 60.5 Å². The average Bonchev–Trinajstić information content (AvgIpc) is 3.89. The van der Waals surface area contributed by atoms with Gasteiger partial charge >= 0.3 is 12.7 Å². The van der Waals surface area contributed by atoms with Gasteiger partial charge in [-0.1, -0.05) is 126 Å². The molecule has 1 spiro atoms. The van der Waals surface area contributed by atoms with Crippen molar-refractivity contribution < 1.29 is 35.8 Å². The molecule has 0 radical (unpaired) electrons. The Morgan fingerprint density at radius 3 is 1.43 bits per heavy atom. The van der Waals surface area contributed by atoms with E-state index in [0.717, 1.165) is 116 Å². The van der Waals surface area contributed by atoms with E-state index in [1.54, 1.807) is 24.3 Å². The summed E-state index contributed by atoms with van der Waals surface area (Å²) in [7, 11) is 0. The lowest BCUT2D eigenvalue weighted by atomic mass is 9.70.